The van der Waals surface area contributed by atoms with Crippen molar-refractivity contribution in [2.24, 2.45) is 0 Å². The molecule has 0 saturated carbocycles. The van der Waals surface area contributed by atoms with Crippen molar-refractivity contribution in [3.63, 3.8) is 0 Å². The Morgan fingerprint density at radius 3 is 2.54 bits per heavy atom. The number of ether oxygens (including phenoxy) is 2. The van der Waals surface area contributed by atoms with Crippen molar-refractivity contribution < 1.29 is 27.4 Å². The summed E-state index contributed by atoms with van der Waals surface area (Å²) in [5.74, 6) is -0.393. The molecule has 0 unspecified atom stereocenters. The molecule has 0 aliphatic heterocycles. The maximum atomic E-state index is 12.1. The first-order valence-electron chi connectivity index (χ1n) is 7.01. The van der Waals surface area contributed by atoms with E-state index in [0.717, 1.165) is 5.56 Å². The Bertz CT molecular complexity index is 688. The van der Waals surface area contributed by atoms with Gasteiger partial charge in [0.1, 0.15) is 11.3 Å². The van der Waals surface area contributed by atoms with Crippen LogP contribution in [0, 0.1) is 0 Å². The first-order valence-corrected chi connectivity index (χ1v) is 7.01. The van der Waals surface area contributed by atoms with Gasteiger partial charge in [-0.05, 0) is 36.2 Å². The summed E-state index contributed by atoms with van der Waals surface area (Å²) in [4.78, 5) is 16.0. The summed E-state index contributed by atoms with van der Waals surface area (Å²) in [5, 5.41) is 2.70. The molecule has 1 aromatic carbocycles. The molecule has 5 nitrogen and oxygen atoms in total. The molecule has 0 atom stereocenters. The van der Waals surface area contributed by atoms with Gasteiger partial charge in [-0.3, -0.25) is 4.79 Å². The highest BCUT2D eigenvalue weighted by Gasteiger charge is 2.30. The summed E-state index contributed by atoms with van der Waals surface area (Å²) in [6.45, 7) is 0.316. The van der Waals surface area contributed by atoms with E-state index in [0.29, 0.717) is 18.5 Å². The number of amides is 1. The van der Waals surface area contributed by atoms with Gasteiger partial charge in [0.25, 0.3) is 5.91 Å². The monoisotopic (exact) mass is 340 g/mol. The summed E-state index contributed by atoms with van der Waals surface area (Å²) < 4.78 is 45.0. The third kappa shape index (κ3) is 5.15. The number of hydrogen-bond donors (Lipinski definition) is 1. The average Bonchev–Trinajstić information content (AvgIpc) is 2.55. The number of nitrogens with zero attached hydrogens (tertiary/aromatic N) is 1. The lowest BCUT2D eigenvalue weighted by molar-refractivity contribution is -0.274. The van der Waals surface area contributed by atoms with E-state index in [1.165, 1.54) is 37.6 Å². The highest BCUT2D eigenvalue weighted by molar-refractivity contribution is 5.96. The van der Waals surface area contributed by atoms with Crippen LogP contribution in [0.25, 0.3) is 0 Å². The second-order valence-electron chi connectivity index (χ2n) is 4.76. The van der Waals surface area contributed by atoms with Gasteiger partial charge in [0.05, 0.1) is 7.11 Å². The second-order valence-corrected chi connectivity index (χ2v) is 4.76. The quantitative estimate of drug-likeness (QED) is 0.878. The smallest absolute Gasteiger partial charge is 0.480 e. The van der Waals surface area contributed by atoms with E-state index in [1.54, 1.807) is 12.1 Å². The number of hydrogen-bond acceptors (Lipinski definition) is 4. The third-order valence-corrected chi connectivity index (χ3v) is 3.07. The highest BCUT2D eigenvalue weighted by atomic mass is 19.4. The van der Waals surface area contributed by atoms with Gasteiger partial charge < -0.3 is 14.8 Å². The van der Waals surface area contributed by atoms with Gasteiger partial charge in [-0.1, -0.05) is 12.1 Å². The molecule has 8 heteroatoms. The molecular weight excluding hydrogens is 325 g/mol. The SMILES string of the molecule is COc1ncccc1C(=O)NCCc1ccc(OC(F)(F)F)cc1. The lowest BCUT2D eigenvalue weighted by Gasteiger charge is -2.10. The van der Waals surface area contributed by atoms with Crippen molar-refractivity contribution in [3.05, 3.63) is 53.7 Å². The minimum Gasteiger partial charge on any atom is -0.480 e. The summed E-state index contributed by atoms with van der Waals surface area (Å²) >= 11 is 0. The van der Waals surface area contributed by atoms with Gasteiger partial charge in [-0.15, -0.1) is 13.2 Å². The molecule has 0 radical (unpaired) electrons. The van der Waals surface area contributed by atoms with Crippen LogP contribution in [0.15, 0.2) is 42.6 Å². The molecule has 0 saturated heterocycles. The van der Waals surface area contributed by atoms with Crippen LogP contribution in [-0.4, -0.2) is 30.9 Å². The number of benzene rings is 1. The first kappa shape index (κ1) is 17.6. The molecular formula is C16H15F3N2O3. The van der Waals surface area contributed by atoms with Crippen molar-refractivity contribution >= 4 is 5.91 Å². The summed E-state index contributed by atoms with van der Waals surface area (Å²) in [6.07, 6.45) is -2.74. The fourth-order valence-corrected chi connectivity index (χ4v) is 2.00. The highest BCUT2D eigenvalue weighted by Crippen LogP contribution is 2.22. The Labute approximate surface area is 136 Å². The molecule has 128 valence electrons. The largest absolute Gasteiger partial charge is 0.573 e. The fourth-order valence-electron chi connectivity index (χ4n) is 2.00. The molecule has 0 aliphatic rings. The molecule has 1 aromatic heterocycles. The Morgan fingerprint density at radius 2 is 1.92 bits per heavy atom. The van der Waals surface area contributed by atoms with E-state index < -0.39 is 6.36 Å². The molecule has 0 spiro atoms. The van der Waals surface area contributed by atoms with E-state index in [1.807, 2.05) is 0 Å². The van der Waals surface area contributed by atoms with Crippen LogP contribution in [0.4, 0.5) is 13.2 Å². The summed E-state index contributed by atoms with van der Waals surface area (Å²) in [6, 6.07) is 8.70. The lowest BCUT2D eigenvalue weighted by Crippen LogP contribution is -2.26. The van der Waals surface area contributed by atoms with Crippen molar-refractivity contribution in [1.82, 2.24) is 10.3 Å². The lowest BCUT2D eigenvalue weighted by atomic mass is 10.1. The van der Waals surface area contributed by atoms with Crippen LogP contribution in [0.3, 0.4) is 0 Å². The van der Waals surface area contributed by atoms with Gasteiger partial charge in [-0.2, -0.15) is 0 Å². The second kappa shape index (κ2) is 7.67. The van der Waals surface area contributed by atoms with Gasteiger partial charge in [0.2, 0.25) is 5.88 Å². The molecule has 24 heavy (non-hydrogen) atoms. The van der Waals surface area contributed by atoms with Crippen molar-refractivity contribution in [2.45, 2.75) is 12.8 Å². The number of aromatic nitrogens is 1. The number of halogens is 3. The van der Waals surface area contributed by atoms with Gasteiger partial charge >= 0.3 is 6.36 Å². The minimum atomic E-state index is -4.71. The Balaban J connectivity index is 1.86. The third-order valence-electron chi connectivity index (χ3n) is 3.07. The summed E-state index contributed by atoms with van der Waals surface area (Å²) in [5.41, 5.74) is 1.08. The van der Waals surface area contributed by atoms with Crippen LogP contribution in [0.2, 0.25) is 0 Å². The van der Waals surface area contributed by atoms with Crippen molar-refractivity contribution in [1.29, 1.82) is 0 Å². The number of pyridine rings is 1. The normalized spacial score (nSPS) is 11.0. The molecule has 0 fully saturated rings. The van der Waals surface area contributed by atoms with E-state index in [-0.39, 0.29) is 17.5 Å². The van der Waals surface area contributed by atoms with Crippen LogP contribution < -0.4 is 14.8 Å². The Morgan fingerprint density at radius 1 is 1.21 bits per heavy atom. The fraction of sp³-hybridized carbons (Fsp3) is 0.250. The van der Waals surface area contributed by atoms with Crippen molar-refractivity contribution in [2.75, 3.05) is 13.7 Å². The average molecular weight is 340 g/mol. The molecule has 1 amide bonds. The minimum absolute atomic E-state index is 0.226. The topological polar surface area (TPSA) is 60.5 Å². The number of methoxy groups -OCH3 is 1. The zero-order valence-electron chi connectivity index (χ0n) is 12.8. The molecule has 1 heterocycles. The molecule has 0 bridgehead atoms. The molecule has 1 N–H and O–H groups in total. The molecule has 0 aliphatic carbocycles. The van der Waals surface area contributed by atoms with Gasteiger partial charge in [0.15, 0.2) is 0 Å². The van der Waals surface area contributed by atoms with E-state index in [4.69, 9.17) is 4.74 Å². The molecule has 2 aromatic rings. The number of carbonyl (C=O) groups excluding carboxylic acids is 1. The van der Waals surface area contributed by atoms with Crippen LogP contribution >= 0.6 is 0 Å². The first-order chi connectivity index (χ1) is 11.4. The number of nitrogens with one attached hydrogen (secondary N) is 1. The van der Waals surface area contributed by atoms with E-state index in [9.17, 15) is 18.0 Å². The number of alkyl halides is 3. The predicted octanol–water partition coefficient (Wildman–Crippen LogP) is 2.96. The van der Waals surface area contributed by atoms with Crippen LogP contribution in [0.1, 0.15) is 15.9 Å². The van der Waals surface area contributed by atoms with Crippen LogP contribution in [-0.2, 0) is 6.42 Å². The van der Waals surface area contributed by atoms with Gasteiger partial charge in [0, 0.05) is 12.7 Å². The van der Waals surface area contributed by atoms with E-state index in [2.05, 4.69) is 15.0 Å². The zero-order chi connectivity index (χ0) is 17.6. The Kier molecular flexibility index (Phi) is 5.62. The molecule has 2 rings (SSSR count). The van der Waals surface area contributed by atoms with Gasteiger partial charge in [-0.25, -0.2) is 4.98 Å². The maximum Gasteiger partial charge on any atom is 0.573 e. The number of carbonyl (C=O) groups is 1. The van der Waals surface area contributed by atoms with Crippen molar-refractivity contribution in [3.8, 4) is 11.6 Å². The maximum absolute atomic E-state index is 12.1. The van der Waals surface area contributed by atoms with Crippen LogP contribution in [0.5, 0.6) is 11.6 Å². The zero-order valence-corrected chi connectivity index (χ0v) is 12.8. The standard InChI is InChI=1S/C16H15F3N2O3/c1-23-15-13(3-2-9-21-15)14(22)20-10-8-11-4-6-12(7-5-11)24-16(17,18)19/h2-7,9H,8,10H2,1H3,(H,20,22). The number of rotatable bonds is 6. The Hall–Kier alpha value is -2.77. The predicted molar refractivity (Wildman–Crippen MR) is 80.0 cm³/mol. The van der Waals surface area contributed by atoms with E-state index >= 15 is 0 Å². The summed E-state index contributed by atoms with van der Waals surface area (Å²) in [7, 11) is 1.42.